The lowest BCUT2D eigenvalue weighted by molar-refractivity contribution is -0.138. The van der Waals surface area contributed by atoms with E-state index in [4.69, 9.17) is 9.84 Å². The highest BCUT2D eigenvalue weighted by Gasteiger charge is 2.35. The van der Waals surface area contributed by atoms with Crippen LogP contribution in [0.1, 0.15) is 40.0 Å². The lowest BCUT2D eigenvalue weighted by atomic mass is 10.1. The monoisotopic (exact) mass is 302 g/mol. The van der Waals surface area contributed by atoms with Gasteiger partial charge in [-0.15, -0.1) is 0 Å². The quantitative estimate of drug-likeness (QED) is 0.674. The molecule has 0 radical (unpaired) electrons. The molecule has 0 aromatic carbocycles. The molecule has 0 aliphatic carbocycles. The number of carboxylic acid groups (broad SMARTS) is 1. The van der Waals surface area contributed by atoms with Crippen LogP contribution in [0.25, 0.3) is 0 Å². The molecule has 1 rings (SSSR count). The molecule has 1 aliphatic heterocycles. The maximum atomic E-state index is 12.2. The molecular formula is C14H26N2O5. The molecule has 7 nitrogen and oxygen atoms in total. The summed E-state index contributed by atoms with van der Waals surface area (Å²) < 4.78 is 5.66. The molecule has 0 bridgehead atoms. The molecule has 2 atom stereocenters. The molecular weight excluding hydrogens is 276 g/mol. The van der Waals surface area contributed by atoms with Crippen LogP contribution < -0.4 is 5.32 Å². The molecule has 3 N–H and O–H groups in total. The first-order valence-corrected chi connectivity index (χ1v) is 7.29. The third-order valence-electron chi connectivity index (χ3n) is 3.37. The Kier molecular flexibility index (Phi) is 6.42. The predicted molar refractivity (Wildman–Crippen MR) is 77.1 cm³/mol. The Balaban J connectivity index is 2.44. The average Bonchev–Trinajstić information content (AvgIpc) is 2.36. The van der Waals surface area contributed by atoms with Gasteiger partial charge in [0.1, 0.15) is 0 Å². The Hall–Kier alpha value is -1.34. The number of nitrogens with one attached hydrogen (secondary N) is 1. The zero-order chi connectivity index (χ0) is 16.0. The van der Waals surface area contributed by atoms with Crippen molar-refractivity contribution in [2.75, 3.05) is 19.7 Å². The number of aliphatic hydroxyl groups is 1. The molecule has 0 aromatic rings. The topological polar surface area (TPSA) is 99.1 Å². The standard InChI is InChI=1S/C14H26N2O5/c1-10(5-4-6-12(18)19)15-13(20)16-7-11(8-17)21-14(2,3)9-16/h10-11,17H,4-9H2,1-3H3,(H,15,20)(H,18,19). The van der Waals surface area contributed by atoms with Gasteiger partial charge in [-0.1, -0.05) is 0 Å². The first-order valence-electron chi connectivity index (χ1n) is 7.29. The summed E-state index contributed by atoms with van der Waals surface area (Å²) in [6.07, 6.45) is 0.888. The van der Waals surface area contributed by atoms with E-state index in [-0.39, 0.29) is 31.2 Å². The lowest BCUT2D eigenvalue weighted by Gasteiger charge is -2.42. The van der Waals surface area contributed by atoms with E-state index in [1.807, 2.05) is 20.8 Å². The summed E-state index contributed by atoms with van der Waals surface area (Å²) in [7, 11) is 0. The van der Waals surface area contributed by atoms with Crippen LogP contribution in [-0.4, -0.2) is 64.6 Å². The van der Waals surface area contributed by atoms with E-state index in [1.165, 1.54) is 0 Å². The molecule has 0 aromatic heterocycles. The van der Waals surface area contributed by atoms with Crippen molar-refractivity contribution in [1.29, 1.82) is 0 Å². The minimum absolute atomic E-state index is 0.0876. The smallest absolute Gasteiger partial charge is 0.317 e. The fourth-order valence-electron chi connectivity index (χ4n) is 2.48. The number of morpholine rings is 1. The fourth-order valence-corrected chi connectivity index (χ4v) is 2.48. The van der Waals surface area contributed by atoms with Crippen molar-refractivity contribution < 1.29 is 24.5 Å². The summed E-state index contributed by atoms with van der Waals surface area (Å²) in [5, 5.41) is 20.7. The normalized spacial score (nSPS) is 22.7. The molecule has 1 aliphatic rings. The van der Waals surface area contributed by atoms with Crippen LogP contribution in [-0.2, 0) is 9.53 Å². The van der Waals surface area contributed by atoms with Crippen molar-refractivity contribution in [3.8, 4) is 0 Å². The zero-order valence-electron chi connectivity index (χ0n) is 13.0. The molecule has 21 heavy (non-hydrogen) atoms. The van der Waals surface area contributed by atoms with Crippen LogP contribution in [0.2, 0.25) is 0 Å². The minimum atomic E-state index is -0.825. The lowest BCUT2D eigenvalue weighted by Crippen LogP contribution is -2.58. The number of amides is 2. The molecule has 0 spiro atoms. The molecule has 1 heterocycles. The number of aliphatic hydroxyl groups excluding tert-OH is 1. The van der Waals surface area contributed by atoms with Gasteiger partial charge in [-0.2, -0.15) is 0 Å². The first kappa shape index (κ1) is 17.7. The van der Waals surface area contributed by atoms with Crippen molar-refractivity contribution >= 4 is 12.0 Å². The third kappa shape index (κ3) is 6.31. The van der Waals surface area contributed by atoms with Gasteiger partial charge >= 0.3 is 12.0 Å². The highest BCUT2D eigenvalue weighted by atomic mass is 16.5. The van der Waals surface area contributed by atoms with Crippen molar-refractivity contribution in [3.05, 3.63) is 0 Å². The van der Waals surface area contributed by atoms with Crippen molar-refractivity contribution in [1.82, 2.24) is 10.2 Å². The Morgan fingerprint density at radius 2 is 2.14 bits per heavy atom. The van der Waals surface area contributed by atoms with Crippen LogP contribution in [0.15, 0.2) is 0 Å². The molecule has 7 heteroatoms. The number of ether oxygens (including phenoxy) is 1. The van der Waals surface area contributed by atoms with Gasteiger partial charge in [0, 0.05) is 12.5 Å². The fraction of sp³-hybridized carbons (Fsp3) is 0.857. The predicted octanol–water partition coefficient (Wildman–Crippen LogP) is 0.811. The largest absolute Gasteiger partial charge is 0.481 e. The SMILES string of the molecule is CC(CCCC(=O)O)NC(=O)N1CC(CO)OC(C)(C)C1. The van der Waals surface area contributed by atoms with Crippen LogP contribution in [0.3, 0.4) is 0 Å². The second kappa shape index (κ2) is 7.61. The van der Waals surface area contributed by atoms with Gasteiger partial charge < -0.3 is 25.2 Å². The van der Waals surface area contributed by atoms with Crippen LogP contribution in [0.5, 0.6) is 0 Å². The van der Waals surface area contributed by atoms with E-state index >= 15 is 0 Å². The van der Waals surface area contributed by atoms with Crippen LogP contribution >= 0.6 is 0 Å². The Morgan fingerprint density at radius 1 is 1.48 bits per heavy atom. The van der Waals surface area contributed by atoms with Crippen molar-refractivity contribution in [2.24, 2.45) is 0 Å². The van der Waals surface area contributed by atoms with Gasteiger partial charge in [0.25, 0.3) is 0 Å². The number of nitrogens with zero attached hydrogens (tertiary/aromatic N) is 1. The van der Waals surface area contributed by atoms with E-state index in [0.717, 1.165) is 0 Å². The van der Waals surface area contributed by atoms with Gasteiger partial charge in [-0.25, -0.2) is 4.79 Å². The third-order valence-corrected chi connectivity index (χ3v) is 3.37. The minimum Gasteiger partial charge on any atom is -0.481 e. The highest BCUT2D eigenvalue weighted by Crippen LogP contribution is 2.21. The highest BCUT2D eigenvalue weighted by molar-refractivity contribution is 5.74. The van der Waals surface area contributed by atoms with E-state index in [1.54, 1.807) is 4.90 Å². The van der Waals surface area contributed by atoms with E-state index < -0.39 is 11.6 Å². The first-order chi connectivity index (χ1) is 9.73. The number of aliphatic carboxylic acids is 1. The number of rotatable bonds is 6. The summed E-state index contributed by atoms with van der Waals surface area (Å²) in [5.74, 6) is -0.825. The number of urea groups is 1. The van der Waals surface area contributed by atoms with E-state index in [0.29, 0.717) is 25.9 Å². The maximum Gasteiger partial charge on any atom is 0.317 e. The van der Waals surface area contributed by atoms with Gasteiger partial charge in [-0.3, -0.25) is 4.79 Å². The number of hydrogen-bond donors (Lipinski definition) is 3. The number of hydrogen-bond acceptors (Lipinski definition) is 4. The summed E-state index contributed by atoms with van der Waals surface area (Å²) in [6, 6.07) is -0.289. The van der Waals surface area contributed by atoms with E-state index in [2.05, 4.69) is 5.32 Å². The molecule has 1 saturated heterocycles. The van der Waals surface area contributed by atoms with Crippen LogP contribution in [0.4, 0.5) is 4.79 Å². The molecule has 1 fully saturated rings. The molecule has 0 saturated carbocycles. The van der Waals surface area contributed by atoms with Gasteiger partial charge in [-0.05, 0) is 33.6 Å². The summed E-state index contributed by atoms with van der Waals surface area (Å²) in [6.45, 7) is 6.30. The van der Waals surface area contributed by atoms with Gasteiger partial charge in [0.15, 0.2) is 0 Å². The Bertz CT molecular complexity index is 372. The second-order valence-corrected chi connectivity index (χ2v) is 6.20. The number of carboxylic acids is 1. The van der Waals surface area contributed by atoms with E-state index in [9.17, 15) is 14.7 Å². The van der Waals surface area contributed by atoms with Crippen molar-refractivity contribution in [3.63, 3.8) is 0 Å². The van der Waals surface area contributed by atoms with Gasteiger partial charge in [0.05, 0.1) is 31.4 Å². The zero-order valence-corrected chi connectivity index (χ0v) is 13.0. The maximum absolute atomic E-state index is 12.2. The molecule has 2 unspecified atom stereocenters. The summed E-state index contributed by atoms with van der Waals surface area (Å²) in [4.78, 5) is 24.3. The number of carbonyl (C=O) groups is 2. The summed E-state index contributed by atoms with van der Waals surface area (Å²) in [5.41, 5.74) is -0.491. The average molecular weight is 302 g/mol. The molecule has 2 amide bonds. The van der Waals surface area contributed by atoms with Gasteiger partial charge in [0.2, 0.25) is 0 Å². The molecule has 122 valence electrons. The summed E-state index contributed by atoms with van der Waals surface area (Å²) >= 11 is 0. The van der Waals surface area contributed by atoms with Crippen LogP contribution in [0, 0.1) is 0 Å². The number of carbonyl (C=O) groups excluding carboxylic acids is 1. The Labute approximate surface area is 125 Å². The Morgan fingerprint density at radius 3 is 2.71 bits per heavy atom. The second-order valence-electron chi connectivity index (χ2n) is 6.20. The van der Waals surface area contributed by atoms with Crippen molar-refractivity contribution in [2.45, 2.75) is 57.8 Å².